The lowest BCUT2D eigenvalue weighted by atomic mass is 9.72. The number of likely N-dealkylation sites (tertiary alicyclic amines) is 1. The lowest BCUT2D eigenvalue weighted by molar-refractivity contribution is 0.155. The molecule has 0 bridgehead atoms. The molecule has 1 aliphatic heterocycles. The molecule has 1 fully saturated rings. The highest BCUT2D eigenvalue weighted by Crippen LogP contribution is 2.39. The van der Waals surface area contributed by atoms with E-state index >= 15 is 0 Å². The summed E-state index contributed by atoms with van der Waals surface area (Å²) in [7, 11) is 6.96. The Morgan fingerprint density at radius 1 is 0.872 bits per heavy atom. The number of hydrogen-bond donors (Lipinski definition) is 1. The van der Waals surface area contributed by atoms with Crippen molar-refractivity contribution >= 4 is 22.7 Å². The lowest BCUT2D eigenvalue weighted by Gasteiger charge is -2.44. The molecule has 1 saturated heterocycles. The van der Waals surface area contributed by atoms with Crippen molar-refractivity contribution in [2.75, 3.05) is 58.6 Å². The van der Waals surface area contributed by atoms with Crippen molar-refractivity contribution in [3.8, 4) is 17.2 Å². The molecule has 0 radical (unpaired) electrons. The van der Waals surface area contributed by atoms with Crippen LogP contribution in [0.5, 0.6) is 17.2 Å². The Kier molecular flexibility index (Phi) is 7.74. The van der Waals surface area contributed by atoms with E-state index in [2.05, 4.69) is 69.4 Å². The topological polar surface area (TPSA) is 86.0 Å². The summed E-state index contributed by atoms with van der Waals surface area (Å²) in [6.07, 6.45) is 2.04. The summed E-state index contributed by atoms with van der Waals surface area (Å²) in [5.41, 5.74) is 9.71. The van der Waals surface area contributed by atoms with Crippen molar-refractivity contribution in [2.24, 2.45) is 0 Å². The predicted molar refractivity (Wildman–Crippen MR) is 156 cm³/mol. The van der Waals surface area contributed by atoms with Crippen LogP contribution in [0.25, 0.3) is 10.9 Å². The summed E-state index contributed by atoms with van der Waals surface area (Å²) < 4.78 is 16.4. The number of piperidine rings is 1. The van der Waals surface area contributed by atoms with E-state index < -0.39 is 0 Å². The summed E-state index contributed by atoms with van der Waals surface area (Å²) in [6.45, 7) is 3.74. The summed E-state index contributed by atoms with van der Waals surface area (Å²) >= 11 is 0. The SMILES string of the molecule is COc1ccc(C2(CN(C)c3nc(N)c4cc(OC)c(OC)cc4n3)CCN(Cc3ccccc3)CC2)cc1. The third kappa shape index (κ3) is 5.56. The normalized spacial score (nSPS) is 15.2. The zero-order chi connectivity index (χ0) is 27.4. The molecule has 0 atom stereocenters. The van der Waals surface area contributed by atoms with Crippen molar-refractivity contribution in [1.82, 2.24) is 14.9 Å². The maximum Gasteiger partial charge on any atom is 0.227 e. The largest absolute Gasteiger partial charge is 0.497 e. The van der Waals surface area contributed by atoms with E-state index in [4.69, 9.17) is 24.9 Å². The molecule has 1 aliphatic rings. The molecule has 8 nitrogen and oxygen atoms in total. The van der Waals surface area contributed by atoms with E-state index in [1.165, 1.54) is 11.1 Å². The van der Waals surface area contributed by atoms with Gasteiger partial charge >= 0.3 is 0 Å². The van der Waals surface area contributed by atoms with E-state index in [0.29, 0.717) is 23.3 Å². The zero-order valence-electron chi connectivity index (χ0n) is 23.2. The van der Waals surface area contributed by atoms with Crippen LogP contribution >= 0.6 is 0 Å². The maximum atomic E-state index is 6.42. The Morgan fingerprint density at radius 3 is 2.18 bits per heavy atom. The molecule has 8 heteroatoms. The van der Waals surface area contributed by atoms with Gasteiger partial charge in [-0.05, 0) is 55.3 Å². The molecule has 0 saturated carbocycles. The van der Waals surface area contributed by atoms with Crippen LogP contribution in [0, 0.1) is 0 Å². The van der Waals surface area contributed by atoms with Crippen LogP contribution in [0.2, 0.25) is 0 Å². The zero-order valence-corrected chi connectivity index (χ0v) is 23.2. The van der Waals surface area contributed by atoms with Crippen LogP contribution in [-0.2, 0) is 12.0 Å². The highest BCUT2D eigenvalue weighted by Gasteiger charge is 2.38. The number of rotatable bonds is 9. The van der Waals surface area contributed by atoms with Crippen LogP contribution < -0.4 is 24.8 Å². The second kappa shape index (κ2) is 11.4. The van der Waals surface area contributed by atoms with Crippen LogP contribution in [0.4, 0.5) is 11.8 Å². The molecule has 39 heavy (non-hydrogen) atoms. The minimum atomic E-state index is -0.0705. The first-order chi connectivity index (χ1) is 18.9. The first-order valence-electron chi connectivity index (χ1n) is 13.3. The summed E-state index contributed by atoms with van der Waals surface area (Å²) in [5, 5.41) is 0.740. The molecule has 1 aromatic heterocycles. The monoisotopic (exact) mass is 527 g/mol. The number of methoxy groups -OCH3 is 3. The highest BCUT2D eigenvalue weighted by atomic mass is 16.5. The summed E-state index contributed by atoms with van der Waals surface area (Å²) in [4.78, 5) is 14.2. The molecule has 0 spiro atoms. The van der Waals surface area contributed by atoms with Gasteiger partial charge in [-0.1, -0.05) is 42.5 Å². The molecule has 0 aliphatic carbocycles. The van der Waals surface area contributed by atoms with E-state index in [-0.39, 0.29) is 5.41 Å². The van der Waals surface area contributed by atoms with Gasteiger partial charge in [0.25, 0.3) is 0 Å². The number of likely N-dealkylation sites (N-methyl/N-ethyl adjacent to an activating group) is 1. The number of anilines is 2. The number of aromatic nitrogens is 2. The number of ether oxygens (including phenoxy) is 3. The van der Waals surface area contributed by atoms with E-state index in [1.807, 2.05) is 19.2 Å². The van der Waals surface area contributed by atoms with Gasteiger partial charge in [0.15, 0.2) is 11.5 Å². The van der Waals surface area contributed by atoms with Crippen molar-refractivity contribution in [3.63, 3.8) is 0 Å². The second-order valence-electron chi connectivity index (χ2n) is 10.3. The third-order valence-corrected chi connectivity index (χ3v) is 7.86. The van der Waals surface area contributed by atoms with Gasteiger partial charge in [-0.3, -0.25) is 4.90 Å². The molecule has 5 rings (SSSR count). The van der Waals surface area contributed by atoms with Crippen LogP contribution in [0.15, 0.2) is 66.7 Å². The van der Waals surface area contributed by atoms with Crippen molar-refractivity contribution in [3.05, 3.63) is 77.9 Å². The maximum absolute atomic E-state index is 6.42. The van der Waals surface area contributed by atoms with Crippen molar-refractivity contribution in [2.45, 2.75) is 24.8 Å². The molecule has 204 valence electrons. The van der Waals surface area contributed by atoms with E-state index in [0.717, 1.165) is 55.7 Å². The Morgan fingerprint density at radius 2 is 1.54 bits per heavy atom. The quantitative estimate of drug-likeness (QED) is 0.329. The van der Waals surface area contributed by atoms with Gasteiger partial charge in [-0.25, -0.2) is 4.98 Å². The second-order valence-corrected chi connectivity index (χ2v) is 10.3. The number of nitrogens with zero attached hydrogens (tertiary/aromatic N) is 4. The molecule has 3 aromatic carbocycles. The van der Waals surface area contributed by atoms with Gasteiger partial charge in [0.1, 0.15) is 11.6 Å². The minimum absolute atomic E-state index is 0.0705. The highest BCUT2D eigenvalue weighted by molar-refractivity contribution is 5.91. The molecule has 2 heterocycles. The fourth-order valence-corrected chi connectivity index (χ4v) is 5.63. The Labute approximate surface area is 230 Å². The Bertz CT molecular complexity index is 1400. The van der Waals surface area contributed by atoms with Gasteiger partial charge in [-0.15, -0.1) is 0 Å². The number of fused-ring (bicyclic) bond motifs is 1. The fourth-order valence-electron chi connectivity index (χ4n) is 5.63. The van der Waals surface area contributed by atoms with E-state index in [9.17, 15) is 0 Å². The van der Waals surface area contributed by atoms with Crippen LogP contribution in [0.1, 0.15) is 24.0 Å². The predicted octanol–water partition coefficient (Wildman–Crippen LogP) is 4.91. The Hall–Kier alpha value is -4.04. The van der Waals surface area contributed by atoms with Gasteiger partial charge in [-0.2, -0.15) is 4.98 Å². The molecular weight excluding hydrogens is 490 g/mol. The van der Waals surface area contributed by atoms with Crippen LogP contribution in [-0.4, -0.2) is 62.9 Å². The number of benzene rings is 3. The van der Waals surface area contributed by atoms with Gasteiger partial charge in [0, 0.05) is 37.0 Å². The standard InChI is InChI=1S/C31H37N5O3/c1-35(30-33-26-19-28(39-4)27(38-3)18-25(26)29(32)34-30)21-31(23-10-12-24(37-2)13-11-23)14-16-36(17-15-31)20-22-8-6-5-7-9-22/h5-13,18-19H,14-17,20-21H2,1-4H3,(H2,32,33,34). The average molecular weight is 528 g/mol. The van der Waals surface area contributed by atoms with Crippen molar-refractivity contribution < 1.29 is 14.2 Å². The first kappa shape index (κ1) is 26.6. The molecule has 4 aromatic rings. The number of nitrogens with two attached hydrogens (primary N) is 1. The summed E-state index contributed by atoms with van der Waals surface area (Å²) in [6, 6.07) is 22.9. The lowest BCUT2D eigenvalue weighted by Crippen LogP contribution is -2.48. The first-order valence-corrected chi connectivity index (χ1v) is 13.3. The van der Waals surface area contributed by atoms with Gasteiger partial charge < -0.3 is 24.8 Å². The molecule has 0 unspecified atom stereocenters. The van der Waals surface area contributed by atoms with E-state index in [1.54, 1.807) is 21.3 Å². The third-order valence-electron chi connectivity index (χ3n) is 7.86. The van der Waals surface area contributed by atoms with Gasteiger partial charge in [0.05, 0.1) is 26.8 Å². The fraction of sp³-hybridized carbons (Fsp3) is 0.355. The molecular formula is C31H37N5O3. The minimum Gasteiger partial charge on any atom is -0.497 e. The van der Waals surface area contributed by atoms with Crippen LogP contribution in [0.3, 0.4) is 0 Å². The number of hydrogen-bond acceptors (Lipinski definition) is 8. The van der Waals surface area contributed by atoms with Crippen molar-refractivity contribution in [1.29, 1.82) is 0 Å². The molecule has 2 N–H and O–H groups in total. The number of nitrogen functional groups attached to an aromatic ring is 1. The van der Waals surface area contributed by atoms with Gasteiger partial charge in [0.2, 0.25) is 5.95 Å². The smallest absolute Gasteiger partial charge is 0.227 e. The average Bonchev–Trinajstić information content (AvgIpc) is 2.98. The summed E-state index contributed by atoms with van der Waals surface area (Å²) in [5.74, 6) is 3.07. The molecule has 0 amide bonds. The Balaban J connectivity index is 1.43.